The Hall–Kier alpha value is -0.570. The van der Waals surface area contributed by atoms with Gasteiger partial charge in [-0.25, -0.2) is 0 Å². The third kappa shape index (κ3) is 2.21. The first-order valence-electron chi connectivity index (χ1n) is 4.64. The molecule has 1 saturated carbocycles. The second kappa shape index (κ2) is 4.45. The molecule has 0 radical (unpaired) electrons. The van der Waals surface area contributed by atoms with Crippen LogP contribution in [0.5, 0.6) is 0 Å². The van der Waals surface area contributed by atoms with E-state index in [0.29, 0.717) is 12.5 Å². The fraction of sp³-hybridized carbons (Fsp3) is 0.889. The molecule has 0 atom stereocenters. The van der Waals surface area contributed by atoms with Gasteiger partial charge in [-0.2, -0.15) is 0 Å². The van der Waals surface area contributed by atoms with Gasteiger partial charge in [0.1, 0.15) is 0 Å². The van der Waals surface area contributed by atoms with E-state index in [1.165, 1.54) is 0 Å². The number of hydrogen-bond donors (Lipinski definition) is 1. The Morgan fingerprint density at radius 1 is 1.58 bits per heavy atom. The molecule has 0 amide bonds. The Morgan fingerprint density at radius 3 is 2.75 bits per heavy atom. The van der Waals surface area contributed by atoms with E-state index in [1.807, 2.05) is 6.92 Å². The summed E-state index contributed by atoms with van der Waals surface area (Å²) in [5.74, 6) is 0.816. The van der Waals surface area contributed by atoms with E-state index in [2.05, 4.69) is 0 Å². The van der Waals surface area contributed by atoms with Gasteiger partial charge in [0, 0.05) is 0 Å². The van der Waals surface area contributed by atoms with Gasteiger partial charge >= 0.3 is 5.97 Å². The molecular formula is C9H17NO2. The van der Waals surface area contributed by atoms with Crippen LogP contribution >= 0.6 is 0 Å². The summed E-state index contributed by atoms with van der Waals surface area (Å²) >= 11 is 0. The Balaban J connectivity index is 2.12. The van der Waals surface area contributed by atoms with E-state index in [0.717, 1.165) is 25.8 Å². The molecule has 2 N–H and O–H groups in total. The first-order chi connectivity index (χ1) is 5.77. The number of carbonyl (C=O) groups excluding carboxylic acids is 1. The molecule has 12 heavy (non-hydrogen) atoms. The lowest BCUT2D eigenvalue weighted by Crippen LogP contribution is -2.32. The minimum atomic E-state index is -0.0224. The van der Waals surface area contributed by atoms with E-state index >= 15 is 0 Å². The summed E-state index contributed by atoms with van der Waals surface area (Å²) in [6, 6.07) is 0. The van der Waals surface area contributed by atoms with Gasteiger partial charge in [-0.05, 0) is 38.6 Å². The highest BCUT2D eigenvalue weighted by Crippen LogP contribution is 2.36. The summed E-state index contributed by atoms with van der Waals surface area (Å²) < 4.78 is 4.90. The Morgan fingerprint density at radius 2 is 2.25 bits per heavy atom. The Bertz CT molecular complexity index is 153. The lowest BCUT2D eigenvalue weighted by atomic mass is 9.73. The summed E-state index contributed by atoms with van der Waals surface area (Å²) in [5.41, 5.74) is 5.40. The molecule has 70 valence electrons. The van der Waals surface area contributed by atoms with E-state index in [1.54, 1.807) is 0 Å². The monoisotopic (exact) mass is 171 g/mol. The van der Waals surface area contributed by atoms with Gasteiger partial charge in [-0.15, -0.1) is 0 Å². The molecule has 1 aliphatic rings. The zero-order valence-electron chi connectivity index (χ0n) is 7.58. The number of esters is 1. The second-order valence-electron chi connectivity index (χ2n) is 3.36. The molecule has 3 heteroatoms. The van der Waals surface area contributed by atoms with Crippen molar-refractivity contribution in [1.29, 1.82) is 0 Å². The van der Waals surface area contributed by atoms with E-state index in [-0.39, 0.29) is 11.9 Å². The third-order valence-corrected chi connectivity index (χ3v) is 2.43. The molecule has 1 rings (SSSR count). The SMILES string of the molecule is CCOC(=O)C1CC(CCN)C1. The predicted octanol–water partition coefficient (Wildman–Crippen LogP) is 0.924. The van der Waals surface area contributed by atoms with E-state index < -0.39 is 0 Å². The highest BCUT2D eigenvalue weighted by molar-refractivity contribution is 5.73. The highest BCUT2D eigenvalue weighted by Gasteiger charge is 2.34. The minimum Gasteiger partial charge on any atom is -0.466 e. The molecule has 0 spiro atoms. The summed E-state index contributed by atoms with van der Waals surface area (Å²) in [6.45, 7) is 3.07. The first-order valence-corrected chi connectivity index (χ1v) is 4.64. The molecule has 3 nitrogen and oxygen atoms in total. The van der Waals surface area contributed by atoms with Gasteiger partial charge in [0.2, 0.25) is 0 Å². The van der Waals surface area contributed by atoms with Crippen molar-refractivity contribution >= 4 is 5.97 Å². The standard InChI is InChI=1S/C9H17NO2/c1-2-12-9(11)8-5-7(6-8)3-4-10/h7-8H,2-6,10H2,1H3. The maximum atomic E-state index is 11.1. The normalized spacial score (nSPS) is 27.8. The Kier molecular flexibility index (Phi) is 3.53. The number of ether oxygens (including phenoxy) is 1. The number of rotatable bonds is 4. The topological polar surface area (TPSA) is 52.3 Å². The quantitative estimate of drug-likeness (QED) is 0.640. The van der Waals surface area contributed by atoms with Gasteiger partial charge in [0.15, 0.2) is 0 Å². The van der Waals surface area contributed by atoms with Crippen molar-refractivity contribution in [3.63, 3.8) is 0 Å². The smallest absolute Gasteiger partial charge is 0.308 e. The van der Waals surface area contributed by atoms with Crippen LogP contribution in [-0.2, 0) is 9.53 Å². The number of nitrogens with two attached hydrogens (primary N) is 1. The molecular weight excluding hydrogens is 154 g/mol. The maximum Gasteiger partial charge on any atom is 0.308 e. The predicted molar refractivity (Wildman–Crippen MR) is 46.5 cm³/mol. The van der Waals surface area contributed by atoms with Gasteiger partial charge < -0.3 is 10.5 Å². The zero-order valence-corrected chi connectivity index (χ0v) is 7.58. The largest absolute Gasteiger partial charge is 0.466 e. The average Bonchev–Trinajstić information content (AvgIpc) is 1.96. The van der Waals surface area contributed by atoms with Crippen LogP contribution in [0.25, 0.3) is 0 Å². The second-order valence-corrected chi connectivity index (χ2v) is 3.36. The highest BCUT2D eigenvalue weighted by atomic mass is 16.5. The molecule has 0 aromatic rings. The van der Waals surface area contributed by atoms with Gasteiger partial charge in [-0.3, -0.25) is 4.79 Å². The molecule has 0 saturated heterocycles. The fourth-order valence-electron chi connectivity index (χ4n) is 1.66. The first kappa shape index (κ1) is 9.52. The van der Waals surface area contributed by atoms with Gasteiger partial charge in [0.25, 0.3) is 0 Å². The minimum absolute atomic E-state index is 0.0224. The van der Waals surface area contributed by atoms with Crippen molar-refractivity contribution in [3.8, 4) is 0 Å². The molecule has 1 fully saturated rings. The molecule has 1 aliphatic carbocycles. The van der Waals surface area contributed by atoms with Crippen LogP contribution in [0.15, 0.2) is 0 Å². The summed E-state index contributed by atoms with van der Waals surface area (Å²) in [4.78, 5) is 11.1. The van der Waals surface area contributed by atoms with Crippen LogP contribution in [0.3, 0.4) is 0 Å². The molecule has 0 bridgehead atoms. The van der Waals surface area contributed by atoms with Crippen LogP contribution in [0.4, 0.5) is 0 Å². The van der Waals surface area contributed by atoms with Crippen molar-refractivity contribution in [2.75, 3.05) is 13.2 Å². The summed E-state index contributed by atoms with van der Waals surface area (Å²) in [6.07, 6.45) is 3.02. The summed E-state index contributed by atoms with van der Waals surface area (Å²) in [5, 5.41) is 0. The molecule has 0 aliphatic heterocycles. The van der Waals surface area contributed by atoms with Crippen molar-refractivity contribution in [3.05, 3.63) is 0 Å². The number of hydrogen-bond acceptors (Lipinski definition) is 3. The van der Waals surface area contributed by atoms with Gasteiger partial charge in [-0.1, -0.05) is 0 Å². The summed E-state index contributed by atoms with van der Waals surface area (Å²) in [7, 11) is 0. The van der Waals surface area contributed by atoms with E-state index in [9.17, 15) is 4.79 Å². The van der Waals surface area contributed by atoms with Crippen LogP contribution < -0.4 is 5.73 Å². The van der Waals surface area contributed by atoms with Gasteiger partial charge in [0.05, 0.1) is 12.5 Å². The average molecular weight is 171 g/mol. The zero-order chi connectivity index (χ0) is 8.97. The molecule has 0 unspecified atom stereocenters. The van der Waals surface area contributed by atoms with Crippen LogP contribution in [0.2, 0.25) is 0 Å². The lowest BCUT2D eigenvalue weighted by Gasteiger charge is -2.33. The fourth-order valence-corrected chi connectivity index (χ4v) is 1.66. The molecule has 0 aromatic heterocycles. The van der Waals surface area contributed by atoms with Crippen molar-refractivity contribution in [2.24, 2.45) is 17.6 Å². The van der Waals surface area contributed by atoms with Crippen LogP contribution in [0, 0.1) is 11.8 Å². The van der Waals surface area contributed by atoms with Crippen LogP contribution in [0.1, 0.15) is 26.2 Å². The third-order valence-electron chi connectivity index (χ3n) is 2.43. The van der Waals surface area contributed by atoms with Crippen molar-refractivity contribution in [2.45, 2.75) is 26.2 Å². The maximum absolute atomic E-state index is 11.1. The van der Waals surface area contributed by atoms with Crippen LogP contribution in [-0.4, -0.2) is 19.1 Å². The van der Waals surface area contributed by atoms with E-state index in [4.69, 9.17) is 10.5 Å². The molecule has 0 heterocycles. The number of carbonyl (C=O) groups is 1. The Labute approximate surface area is 73.3 Å². The molecule has 0 aromatic carbocycles. The van der Waals surface area contributed by atoms with Crippen molar-refractivity contribution in [1.82, 2.24) is 0 Å². The lowest BCUT2D eigenvalue weighted by molar-refractivity contribution is -0.152. The van der Waals surface area contributed by atoms with Crippen molar-refractivity contribution < 1.29 is 9.53 Å².